The molecule has 0 amide bonds. The van der Waals surface area contributed by atoms with Crippen LogP contribution in [-0.4, -0.2) is 26.6 Å². The number of sulfone groups is 1. The quantitative estimate of drug-likeness (QED) is 0.771. The summed E-state index contributed by atoms with van der Waals surface area (Å²) in [6.07, 6.45) is -4.30. The van der Waals surface area contributed by atoms with E-state index in [1.807, 2.05) is 0 Å². The maximum Gasteiger partial charge on any atom is 0.403 e. The molecule has 0 spiro atoms. The molecular formula is C9H7F3O3S. The maximum atomic E-state index is 11.9. The van der Waals surface area contributed by atoms with Crippen LogP contribution in [0.5, 0.6) is 0 Å². The smallest absolute Gasteiger partial charge is 0.298 e. The topological polar surface area (TPSA) is 51.2 Å². The molecule has 3 nitrogen and oxygen atoms in total. The molecule has 1 rings (SSSR count). The molecule has 0 heterocycles. The van der Waals surface area contributed by atoms with Crippen LogP contribution in [0.1, 0.15) is 10.4 Å². The van der Waals surface area contributed by atoms with Crippen molar-refractivity contribution in [1.29, 1.82) is 0 Å². The molecule has 16 heavy (non-hydrogen) atoms. The Balaban J connectivity index is 3.03. The molecule has 0 aliphatic carbocycles. The van der Waals surface area contributed by atoms with Crippen molar-refractivity contribution in [3.8, 4) is 0 Å². The Kier molecular flexibility index (Phi) is 3.37. The van der Waals surface area contributed by atoms with Gasteiger partial charge in [0.1, 0.15) is 6.29 Å². The fourth-order valence-electron chi connectivity index (χ4n) is 1.05. The van der Waals surface area contributed by atoms with Crippen molar-refractivity contribution in [3.05, 3.63) is 29.8 Å². The Hall–Kier alpha value is -1.37. The van der Waals surface area contributed by atoms with E-state index in [1.165, 1.54) is 0 Å². The van der Waals surface area contributed by atoms with Gasteiger partial charge in [0, 0.05) is 5.56 Å². The van der Waals surface area contributed by atoms with Crippen LogP contribution in [0.2, 0.25) is 0 Å². The third-order valence-corrected chi connectivity index (χ3v) is 3.43. The summed E-state index contributed by atoms with van der Waals surface area (Å²) in [6.45, 7) is 0. The lowest BCUT2D eigenvalue weighted by Crippen LogP contribution is -2.22. The van der Waals surface area contributed by atoms with Gasteiger partial charge in [-0.15, -0.1) is 0 Å². The van der Waals surface area contributed by atoms with E-state index in [0.717, 1.165) is 24.3 Å². The molecule has 0 radical (unpaired) electrons. The number of hydrogen-bond acceptors (Lipinski definition) is 3. The van der Waals surface area contributed by atoms with Gasteiger partial charge in [-0.1, -0.05) is 12.1 Å². The first kappa shape index (κ1) is 12.7. The summed E-state index contributed by atoms with van der Waals surface area (Å²) in [7, 11) is -4.38. The molecule has 0 atom stereocenters. The first-order chi connectivity index (χ1) is 7.24. The summed E-state index contributed by atoms with van der Waals surface area (Å²) in [4.78, 5) is 9.82. The molecule has 0 aromatic heterocycles. The van der Waals surface area contributed by atoms with E-state index in [1.54, 1.807) is 0 Å². The molecule has 7 heteroatoms. The monoisotopic (exact) mass is 252 g/mol. The Bertz CT molecular complexity index is 474. The molecule has 0 N–H and O–H groups in total. The van der Waals surface area contributed by atoms with E-state index < -0.39 is 26.7 Å². The second kappa shape index (κ2) is 4.25. The van der Waals surface area contributed by atoms with Crippen molar-refractivity contribution in [2.75, 3.05) is 5.75 Å². The number of alkyl halides is 3. The average Bonchev–Trinajstić information content (AvgIpc) is 2.14. The van der Waals surface area contributed by atoms with Crippen LogP contribution in [0.15, 0.2) is 29.2 Å². The molecule has 0 saturated carbocycles. The summed E-state index contributed by atoms with van der Waals surface area (Å²) >= 11 is 0. The largest absolute Gasteiger partial charge is 0.403 e. The fourth-order valence-corrected chi connectivity index (χ4v) is 2.20. The molecule has 0 unspecified atom stereocenters. The minimum Gasteiger partial charge on any atom is -0.298 e. The number of aldehydes is 1. The van der Waals surface area contributed by atoms with E-state index in [0.29, 0.717) is 6.29 Å². The van der Waals surface area contributed by atoms with Crippen molar-refractivity contribution in [1.82, 2.24) is 0 Å². The molecule has 0 aliphatic rings. The summed E-state index contributed by atoms with van der Waals surface area (Å²) < 4.78 is 58.3. The minimum atomic E-state index is -4.78. The van der Waals surface area contributed by atoms with Crippen molar-refractivity contribution >= 4 is 16.1 Å². The highest BCUT2D eigenvalue weighted by atomic mass is 32.2. The van der Waals surface area contributed by atoms with Crippen molar-refractivity contribution < 1.29 is 26.4 Å². The van der Waals surface area contributed by atoms with Gasteiger partial charge < -0.3 is 0 Å². The molecule has 1 aromatic rings. The Morgan fingerprint density at radius 2 is 1.62 bits per heavy atom. The standard InChI is InChI=1S/C9H7F3O3S/c10-9(11,12)6-16(14,15)8-3-1-7(5-13)2-4-8/h1-5H,6H2. The van der Waals surface area contributed by atoms with Crippen LogP contribution in [0.3, 0.4) is 0 Å². The number of rotatable bonds is 3. The number of benzene rings is 1. The summed E-state index contributed by atoms with van der Waals surface area (Å²) in [5.74, 6) is -1.90. The van der Waals surface area contributed by atoms with Crippen LogP contribution < -0.4 is 0 Å². The fraction of sp³-hybridized carbons (Fsp3) is 0.222. The average molecular weight is 252 g/mol. The molecule has 0 aliphatic heterocycles. The molecule has 1 aromatic carbocycles. The van der Waals surface area contributed by atoms with E-state index in [4.69, 9.17) is 0 Å². The minimum absolute atomic E-state index is 0.200. The Labute approximate surface area is 89.8 Å². The first-order valence-corrected chi connectivity index (χ1v) is 5.74. The number of hydrogen-bond donors (Lipinski definition) is 0. The van der Waals surface area contributed by atoms with Crippen LogP contribution in [0, 0.1) is 0 Å². The Morgan fingerprint density at radius 1 is 1.12 bits per heavy atom. The summed E-state index contributed by atoms with van der Waals surface area (Å²) in [5, 5.41) is 0. The highest BCUT2D eigenvalue weighted by Crippen LogP contribution is 2.22. The maximum absolute atomic E-state index is 11.9. The molecular weight excluding hydrogens is 245 g/mol. The third kappa shape index (κ3) is 3.34. The van der Waals surface area contributed by atoms with Gasteiger partial charge in [0.2, 0.25) is 0 Å². The Morgan fingerprint density at radius 3 is 2.00 bits per heavy atom. The molecule has 88 valence electrons. The SMILES string of the molecule is O=Cc1ccc(S(=O)(=O)CC(F)(F)F)cc1. The van der Waals surface area contributed by atoms with Crippen LogP contribution in [0.25, 0.3) is 0 Å². The zero-order chi connectivity index (χ0) is 12.4. The third-order valence-electron chi connectivity index (χ3n) is 1.73. The highest BCUT2D eigenvalue weighted by molar-refractivity contribution is 7.91. The normalized spacial score (nSPS) is 12.4. The van der Waals surface area contributed by atoms with Gasteiger partial charge in [-0.3, -0.25) is 4.79 Å². The van der Waals surface area contributed by atoms with Crippen LogP contribution in [0.4, 0.5) is 13.2 Å². The van der Waals surface area contributed by atoms with E-state index in [-0.39, 0.29) is 5.56 Å². The number of carbonyl (C=O) groups excluding carboxylic acids is 1. The van der Waals surface area contributed by atoms with E-state index in [9.17, 15) is 26.4 Å². The molecule has 0 bridgehead atoms. The van der Waals surface area contributed by atoms with Gasteiger partial charge in [-0.25, -0.2) is 8.42 Å². The summed E-state index contributed by atoms with van der Waals surface area (Å²) in [5.41, 5.74) is 0.200. The van der Waals surface area contributed by atoms with Gasteiger partial charge in [-0.2, -0.15) is 13.2 Å². The van der Waals surface area contributed by atoms with Gasteiger partial charge >= 0.3 is 6.18 Å². The zero-order valence-corrected chi connectivity index (χ0v) is 8.68. The van der Waals surface area contributed by atoms with Crippen LogP contribution in [-0.2, 0) is 9.84 Å². The lowest BCUT2D eigenvalue weighted by Gasteiger charge is -2.07. The van der Waals surface area contributed by atoms with Gasteiger partial charge in [0.05, 0.1) is 4.90 Å². The zero-order valence-electron chi connectivity index (χ0n) is 7.86. The van der Waals surface area contributed by atoms with Gasteiger partial charge in [0.15, 0.2) is 15.6 Å². The second-order valence-electron chi connectivity index (χ2n) is 3.06. The van der Waals surface area contributed by atoms with Crippen molar-refractivity contribution in [3.63, 3.8) is 0 Å². The first-order valence-electron chi connectivity index (χ1n) is 4.09. The summed E-state index contributed by atoms with van der Waals surface area (Å²) in [6, 6.07) is 4.25. The predicted octanol–water partition coefficient (Wildman–Crippen LogP) is 1.84. The van der Waals surface area contributed by atoms with Crippen molar-refractivity contribution in [2.24, 2.45) is 0 Å². The lowest BCUT2D eigenvalue weighted by molar-refractivity contribution is -0.106. The second-order valence-corrected chi connectivity index (χ2v) is 5.05. The number of halogens is 3. The van der Waals surface area contributed by atoms with Gasteiger partial charge in [0.25, 0.3) is 0 Å². The molecule has 0 fully saturated rings. The predicted molar refractivity (Wildman–Crippen MR) is 49.9 cm³/mol. The van der Waals surface area contributed by atoms with Crippen LogP contribution >= 0.6 is 0 Å². The van der Waals surface area contributed by atoms with E-state index in [2.05, 4.69) is 0 Å². The van der Waals surface area contributed by atoms with E-state index >= 15 is 0 Å². The lowest BCUT2D eigenvalue weighted by atomic mass is 10.2. The van der Waals surface area contributed by atoms with Gasteiger partial charge in [-0.05, 0) is 12.1 Å². The molecule has 0 saturated heterocycles. The van der Waals surface area contributed by atoms with Crippen molar-refractivity contribution in [2.45, 2.75) is 11.1 Å². The highest BCUT2D eigenvalue weighted by Gasteiger charge is 2.35. The number of carbonyl (C=O) groups is 1.